The third-order valence-corrected chi connectivity index (χ3v) is 4.21. The second kappa shape index (κ2) is 7.11. The van der Waals surface area contributed by atoms with Gasteiger partial charge in [0.2, 0.25) is 0 Å². The van der Waals surface area contributed by atoms with Crippen molar-refractivity contribution >= 4 is 5.69 Å². The van der Waals surface area contributed by atoms with Gasteiger partial charge in [-0.25, -0.2) is 0 Å². The fourth-order valence-corrected chi connectivity index (χ4v) is 2.92. The standard InChI is InChI=1S/C19H21N3/c20-11-10-17-6-8-18(9-7-17)16-21-12-14-22(15-13-21)19-4-2-1-3-5-19/h1-9H,10,12-16H2. The van der Waals surface area contributed by atoms with E-state index in [1.54, 1.807) is 0 Å². The van der Waals surface area contributed by atoms with Crippen LogP contribution in [-0.2, 0) is 13.0 Å². The van der Waals surface area contributed by atoms with Crippen molar-refractivity contribution in [2.24, 2.45) is 0 Å². The van der Waals surface area contributed by atoms with Crippen LogP contribution in [0.5, 0.6) is 0 Å². The maximum atomic E-state index is 8.71. The van der Waals surface area contributed by atoms with Gasteiger partial charge in [0.05, 0.1) is 12.5 Å². The van der Waals surface area contributed by atoms with Crippen LogP contribution in [0.25, 0.3) is 0 Å². The number of nitrogens with zero attached hydrogens (tertiary/aromatic N) is 3. The number of para-hydroxylation sites is 1. The Kier molecular flexibility index (Phi) is 4.72. The molecule has 0 radical (unpaired) electrons. The zero-order chi connectivity index (χ0) is 15.2. The maximum Gasteiger partial charge on any atom is 0.0669 e. The van der Waals surface area contributed by atoms with Gasteiger partial charge < -0.3 is 4.90 Å². The van der Waals surface area contributed by atoms with E-state index >= 15 is 0 Å². The van der Waals surface area contributed by atoms with Crippen LogP contribution in [0.3, 0.4) is 0 Å². The Morgan fingerprint density at radius 3 is 2.09 bits per heavy atom. The molecule has 0 aromatic heterocycles. The summed E-state index contributed by atoms with van der Waals surface area (Å²) in [7, 11) is 0. The van der Waals surface area contributed by atoms with Crippen LogP contribution in [0.15, 0.2) is 54.6 Å². The van der Waals surface area contributed by atoms with Gasteiger partial charge in [-0.05, 0) is 23.3 Å². The quantitative estimate of drug-likeness (QED) is 0.867. The van der Waals surface area contributed by atoms with E-state index in [1.807, 2.05) is 0 Å². The third kappa shape index (κ3) is 3.66. The van der Waals surface area contributed by atoms with Gasteiger partial charge >= 0.3 is 0 Å². The first-order valence-corrected chi connectivity index (χ1v) is 7.82. The number of anilines is 1. The first-order chi connectivity index (χ1) is 10.8. The predicted molar refractivity (Wildman–Crippen MR) is 89.7 cm³/mol. The molecule has 1 fully saturated rings. The number of nitriles is 1. The maximum absolute atomic E-state index is 8.71. The van der Waals surface area contributed by atoms with Gasteiger partial charge in [-0.3, -0.25) is 4.90 Å². The molecule has 1 aliphatic rings. The molecule has 3 rings (SSSR count). The molecular weight excluding hydrogens is 270 g/mol. The molecule has 0 aliphatic carbocycles. The van der Waals surface area contributed by atoms with Gasteiger partial charge in [0.15, 0.2) is 0 Å². The largest absolute Gasteiger partial charge is 0.369 e. The Morgan fingerprint density at radius 2 is 1.45 bits per heavy atom. The molecule has 0 amide bonds. The van der Waals surface area contributed by atoms with E-state index < -0.39 is 0 Å². The van der Waals surface area contributed by atoms with Gasteiger partial charge in [-0.1, -0.05) is 42.5 Å². The minimum atomic E-state index is 0.496. The number of rotatable bonds is 4. The third-order valence-electron chi connectivity index (χ3n) is 4.21. The lowest BCUT2D eigenvalue weighted by molar-refractivity contribution is 0.250. The minimum Gasteiger partial charge on any atom is -0.369 e. The highest BCUT2D eigenvalue weighted by molar-refractivity contribution is 5.46. The molecule has 112 valence electrons. The molecule has 2 aromatic rings. The smallest absolute Gasteiger partial charge is 0.0669 e. The summed E-state index contributed by atoms with van der Waals surface area (Å²) in [6.07, 6.45) is 0.496. The van der Waals surface area contributed by atoms with Crippen LogP contribution in [0, 0.1) is 11.3 Å². The summed E-state index contributed by atoms with van der Waals surface area (Å²) in [5.74, 6) is 0. The average molecular weight is 291 g/mol. The summed E-state index contributed by atoms with van der Waals surface area (Å²) in [5, 5.41) is 8.71. The lowest BCUT2D eigenvalue weighted by Gasteiger charge is -2.36. The molecule has 1 saturated heterocycles. The second-order valence-corrected chi connectivity index (χ2v) is 5.75. The Labute approximate surface area is 132 Å². The van der Waals surface area contributed by atoms with Gasteiger partial charge in [0, 0.05) is 38.4 Å². The zero-order valence-corrected chi connectivity index (χ0v) is 12.8. The number of piperazine rings is 1. The van der Waals surface area contributed by atoms with Gasteiger partial charge in [0.25, 0.3) is 0 Å². The summed E-state index contributed by atoms with van der Waals surface area (Å²) in [6.45, 7) is 5.34. The van der Waals surface area contributed by atoms with E-state index in [0.29, 0.717) is 6.42 Å². The van der Waals surface area contributed by atoms with E-state index in [0.717, 1.165) is 38.3 Å². The summed E-state index contributed by atoms with van der Waals surface area (Å²) in [6, 6.07) is 21.3. The Morgan fingerprint density at radius 1 is 0.818 bits per heavy atom. The molecular formula is C19H21N3. The van der Waals surface area contributed by atoms with Crippen molar-refractivity contribution in [2.75, 3.05) is 31.1 Å². The summed E-state index contributed by atoms with van der Waals surface area (Å²) in [5.41, 5.74) is 3.75. The molecule has 0 spiro atoms. The molecule has 2 aromatic carbocycles. The van der Waals surface area contributed by atoms with Crippen molar-refractivity contribution < 1.29 is 0 Å². The van der Waals surface area contributed by atoms with Crippen molar-refractivity contribution in [1.82, 2.24) is 4.90 Å². The normalized spacial score (nSPS) is 15.5. The van der Waals surface area contributed by atoms with Gasteiger partial charge in [-0.15, -0.1) is 0 Å². The molecule has 0 saturated carbocycles. The van der Waals surface area contributed by atoms with Crippen LogP contribution >= 0.6 is 0 Å². The van der Waals surface area contributed by atoms with Crippen molar-refractivity contribution in [1.29, 1.82) is 5.26 Å². The second-order valence-electron chi connectivity index (χ2n) is 5.75. The van der Waals surface area contributed by atoms with Crippen LogP contribution in [0.2, 0.25) is 0 Å². The van der Waals surface area contributed by atoms with Crippen molar-refractivity contribution in [3.63, 3.8) is 0 Å². The molecule has 1 heterocycles. The Hall–Kier alpha value is -2.31. The van der Waals surface area contributed by atoms with Crippen LogP contribution in [0.1, 0.15) is 11.1 Å². The molecule has 0 atom stereocenters. The molecule has 0 bridgehead atoms. The monoisotopic (exact) mass is 291 g/mol. The predicted octanol–water partition coefficient (Wildman–Crippen LogP) is 3.07. The summed E-state index contributed by atoms with van der Waals surface area (Å²) in [4.78, 5) is 4.95. The SMILES string of the molecule is N#CCc1ccc(CN2CCN(c3ccccc3)CC2)cc1. The summed E-state index contributed by atoms with van der Waals surface area (Å²) < 4.78 is 0. The van der Waals surface area contributed by atoms with Crippen molar-refractivity contribution in [3.05, 3.63) is 65.7 Å². The number of hydrogen-bond acceptors (Lipinski definition) is 3. The Balaban J connectivity index is 1.52. The molecule has 0 N–H and O–H groups in total. The molecule has 1 aliphatic heterocycles. The highest BCUT2D eigenvalue weighted by atomic mass is 15.3. The van der Waals surface area contributed by atoms with Crippen LogP contribution in [0.4, 0.5) is 5.69 Å². The topological polar surface area (TPSA) is 30.3 Å². The molecule has 0 unspecified atom stereocenters. The van der Waals surface area contributed by atoms with Crippen molar-refractivity contribution in [2.45, 2.75) is 13.0 Å². The lowest BCUT2D eigenvalue weighted by atomic mass is 10.1. The van der Waals surface area contributed by atoms with E-state index in [-0.39, 0.29) is 0 Å². The molecule has 3 nitrogen and oxygen atoms in total. The highest BCUT2D eigenvalue weighted by Gasteiger charge is 2.16. The minimum absolute atomic E-state index is 0.496. The average Bonchev–Trinajstić information content (AvgIpc) is 2.58. The van der Waals surface area contributed by atoms with E-state index in [4.69, 9.17) is 5.26 Å². The molecule has 22 heavy (non-hydrogen) atoms. The number of benzene rings is 2. The first kappa shape index (κ1) is 14.6. The Bertz CT molecular complexity index is 620. The van der Waals surface area contributed by atoms with Gasteiger partial charge in [0.1, 0.15) is 0 Å². The molecule has 3 heteroatoms. The van der Waals surface area contributed by atoms with Crippen LogP contribution < -0.4 is 4.90 Å². The fraction of sp³-hybridized carbons (Fsp3) is 0.316. The summed E-state index contributed by atoms with van der Waals surface area (Å²) >= 11 is 0. The van der Waals surface area contributed by atoms with Crippen LogP contribution in [-0.4, -0.2) is 31.1 Å². The zero-order valence-electron chi connectivity index (χ0n) is 12.8. The first-order valence-electron chi connectivity index (χ1n) is 7.82. The van der Waals surface area contributed by atoms with E-state index in [2.05, 4.69) is 70.5 Å². The number of hydrogen-bond donors (Lipinski definition) is 0. The fourth-order valence-electron chi connectivity index (χ4n) is 2.92. The van der Waals surface area contributed by atoms with E-state index in [9.17, 15) is 0 Å². The van der Waals surface area contributed by atoms with Crippen molar-refractivity contribution in [3.8, 4) is 6.07 Å². The lowest BCUT2D eigenvalue weighted by Crippen LogP contribution is -2.45. The van der Waals surface area contributed by atoms with Gasteiger partial charge in [-0.2, -0.15) is 5.26 Å². The highest BCUT2D eigenvalue weighted by Crippen LogP contribution is 2.17. The van der Waals surface area contributed by atoms with E-state index in [1.165, 1.54) is 11.3 Å².